The van der Waals surface area contributed by atoms with Gasteiger partial charge in [0.25, 0.3) is 0 Å². The van der Waals surface area contributed by atoms with Gasteiger partial charge in [0.2, 0.25) is 11.7 Å². The fourth-order valence-electron chi connectivity index (χ4n) is 3.50. The van der Waals surface area contributed by atoms with Gasteiger partial charge in [0, 0.05) is 30.3 Å². The number of aromatic nitrogens is 2. The molecule has 0 bridgehead atoms. The summed E-state index contributed by atoms with van der Waals surface area (Å²) in [5.41, 5.74) is 2.78. The zero-order chi connectivity index (χ0) is 20.2. The van der Waals surface area contributed by atoms with Gasteiger partial charge >= 0.3 is 6.03 Å². The maximum atomic E-state index is 12.6. The lowest BCUT2D eigenvalue weighted by Gasteiger charge is -2.30. The van der Waals surface area contributed by atoms with Gasteiger partial charge in [-0.15, -0.1) is 0 Å². The van der Waals surface area contributed by atoms with Gasteiger partial charge in [-0.25, -0.2) is 4.79 Å². The number of piperidine rings is 1. The van der Waals surface area contributed by atoms with Gasteiger partial charge in [-0.1, -0.05) is 23.4 Å². The summed E-state index contributed by atoms with van der Waals surface area (Å²) in [6.07, 6.45) is 1.59. The zero-order valence-electron chi connectivity index (χ0n) is 16.6. The molecule has 2 amide bonds. The molecule has 0 saturated carbocycles. The zero-order valence-corrected chi connectivity index (χ0v) is 16.6. The molecule has 1 saturated heterocycles. The molecule has 1 N–H and O–H groups in total. The second-order valence-electron chi connectivity index (χ2n) is 7.19. The van der Waals surface area contributed by atoms with E-state index in [0.29, 0.717) is 24.8 Å². The molecule has 1 fully saturated rings. The first-order valence-electron chi connectivity index (χ1n) is 9.73. The third-order valence-electron chi connectivity index (χ3n) is 5.31. The van der Waals surface area contributed by atoms with Crippen LogP contribution in [0.1, 0.15) is 30.2 Å². The molecule has 0 spiro atoms. The number of methoxy groups -OCH3 is 1. The average Bonchev–Trinajstić information content (AvgIpc) is 3.26. The summed E-state index contributed by atoms with van der Waals surface area (Å²) < 4.78 is 10.7. The van der Waals surface area contributed by atoms with E-state index in [1.807, 2.05) is 60.4 Å². The number of nitrogens with one attached hydrogen (secondary N) is 1. The Bertz CT molecular complexity index is 976. The lowest BCUT2D eigenvalue weighted by molar-refractivity contribution is 0.187. The minimum atomic E-state index is -0.0674. The summed E-state index contributed by atoms with van der Waals surface area (Å²) in [6, 6.07) is 15.3. The van der Waals surface area contributed by atoms with Gasteiger partial charge < -0.3 is 19.5 Å². The maximum Gasteiger partial charge on any atom is 0.321 e. The number of rotatable bonds is 4. The second kappa shape index (κ2) is 8.34. The number of ether oxygens (including phenoxy) is 1. The number of nitrogens with zero attached hydrogens (tertiary/aromatic N) is 3. The Labute approximate surface area is 169 Å². The van der Waals surface area contributed by atoms with E-state index in [1.165, 1.54) is 0 Å². The molecule has 1 aliphatic heterocycles. The van der Waals surface area contributed by atoms with Crippen LogP contribution in [0.25, 0.3) is 11.4 Å². The number of para-hydroxylation sites is 1. The van der Waals surface area contributed by atoms with Crippen molar-refractivity contribution in [1.29, 1.82) is 0 Å². The normalized spacial score (nSPS) is 14.6. The summed E-state index contributed by atoms with van der Waals surface area (Å²) >= 11 is 0. The van der Waals surface area contributed by atoms with Gasteiger partial charge in [0.15, 0.2) is 0 Å². The number of urea groups is 1. The quantitative estimate of drug-likeness (QED) is 0.709. The third-order valence-corrected chi connectivity index (χ3v) is 5.31. The van der Waals surface area contributed by atoms with E-state index in [2.05, 4.69) is 15.5 Å². The summed E-state index contributed by atoms with van der Waals surface area (Å²) in [4.78, 5) is 19.0. The van der Waals surface area contributed by atoms with Gasteiger partial charge in [-0.2, -0.15) is 4.98 Å². The smallest absolute Gasteiger partial charge is 0.321 e. The molecule has 0 aliphatic carbocycles. The number of amides is 2. The fraction of sp³-hybridized carbons (Fsp3) is 0.318. The number of benzene rings is 2. The molecular formula is C22H24N4O3. The average molecular weight is 392 g/mol. The molecule has 1 aliphatic rings. The number of hydrogen-bond donors (Lipinski definition) is 1. The lowest BCUT2D eigenvalue weighted by atomic mass is 9.97. The molecule has 150 valence electrons. The Morgan fingerprint density at radius 1 is 1.14 bits per heavy atom. The van der Waals surface area contributed by atoms with E-state index < -0.39 is 0 Å². The van der Waals surface area contributed by atoms with E-state index in [0.717, 1.165) is 35.4 Å². The van der Waals surface area contributed by atoms with Crippen molar-refractivity contribution in [2.45, 2.75) is 25.7 Å². The number of hydrogen-bond acceptors (Lipinski definition) is 5. The largest absolute Gasteiger partial charge is 0.497 e. The van der Waals surface area contributed by atoms with E-state index in [1.54, 1.807) is 7.11 Å². The molecule has 3 aromatic rings. The maximum absolute atomic E-state index is 12.6. The van der Waals surface area contributed by atoms with Crippen molar-refractivity contribution in [3.8, 4) is 17.1 Å². The van der Waals surface area contributed by atoms with Crippen molar-refractivity contribution in [3.05, 3.63) is 60.0 Å². The predicted octanol–water partition coefficient (Wildman–Crippen LogP) is 4.47. The first-order chi connectivity index (χ1) is 14.1. The molecule has 0 atom stereocenters. The molecule has 4 rings (SSSR count). The van der Waals surface area contributed by atoms with Crippen LogP contribution >= 0.6 is 0 Å². The van der Waals surface area contributed by atoms with E-state index in [-0.39, 0.29) is 11.9 Å². The van der Waals surface area contributed by atoms with Crippen molar-refractivity contribution >= 4 is 11.7 Å². The Balaban J connectivity index is 1.35. The van der Waals surface area contributed by atoms with Crippen molar-refractivity contribution in [1.82, 2.24) is 15.0 Å². The molecule has 0 radical (unpaired) electrons. The highest BCUT2D eigenvalue weighted by Crippen LogP contribution is 2.29. The number of carbonyl (C=O) groups is 1. The van der Waals surface area contributed by atoms with Crippen LogP contribution in [0.2, 0.25) is 0 Å². The first kappa shape index (κ1) is 19.0. The monoisotopic (exact) mass is 392 g/mol. The highest BCUT2D eigenvalue weighted by Gasteiger charge is 2.28. The molecule has 7 heteroatoms. The number of aryl methyl sites for hydroxylation is 1. The van der Waals surface area contributed by atoms with Crippen LogP contribution in [0.3, 0.4) is 0 Å². The molecule has 0 unspecified atom stereocenters. The van der Waals surface area contributed by atoms with E-state index >= 15 is 0 Å². The lowest BCUT2D eigenvalue weighted by Crippen LogP contribution is -2.40. The second-order valence-corrected chi connectivity index (χ2v) is 7.19. The number of anilines is 1. The Hall–Kier alpha value is -3.35. The minimum absolute atomic E-state index is 0.0674. The van der Waals surface area contributed by atoms with E-state index in [9.17, 15) is 4.79 Å². The summed E-state index contributed by atoms with van der Waals surface area (Å²) in [5.74, 6) is 2.16. The van der Waals surface area contributed by atoms with Crippen LogP contribution < -0.4 is 10.1 Å². The Morgan fingerprint density at radius 3 is 2.55 bits per heavy atom. The van der Waals surface area contributed by atoms with Gasteiger partial charge in [-0.05, 0) is 55.7 Å². The summed E-state index contributed by atoms with van der Waals surface area (Å²) in [5, 5.41) is 7.11. The van der Waals surface area contributed by atoms with E-state index in [4.69, 9.17) is 9.26 Å². The van der Waals surface area contributed by atoms with Crippen LogP contribution in [-0.4, -0.2) is 41.3 Å². The van der Waals surface area contributed by atoms with Gasteiger partial charge in [-0.3, -0.25) is 0 Å². The molecular weight excluding hydrogens is 368 g/mol. The molecule has 7 nitrogen and oxygen atoms in total. The van der Waals surface area contributed by atoms with Crippen LogP contribution in [-0.2, 0) is 0 Å². The highest BCUT2D eigenvalue weighted by atomic mass is 16.5. The van der Waals surface area contributed by atoms with Gasteiger partial charge in [0.05, 0.1) is 7.11 Å². The first-order valence-corrected chi connectivity index (χ1v) is 9.73. The Kier molecular flexibility index (Phi) is 5.46. The van der Waals surface area contributed by atoms with Gasteiger partial charge in [0.1, 0.15) is 5.75 Å². The molecule has 2 heterocycles. The topological polar surface area (TPSA) is 80.5 Å². The fourth-order valence-corrected chi connectivity index (χ4v) is 3.50. The molecule has 29 heavy (non-hydrogen) atoms. The molecule has 2 aromatic carbocycles. The predicted molar refractivity (Wildman–Crippen MR) is 110 cm³/mol. The Morgan fingerprint density at radius 2 is 1.86 bits per heavy atom. The standard InChI is InChI=1S/C22H24N4O3/c1-15-5-3-4-6-19(15)23-22(27)26-13-11-17(12-14-26)21-24-20(25-29-21)16-7-9-18(28-2)10-8-16/h3-10,17H,11-14H2,1-2H3,(H,23,27). The highest BCUT2D eigenvalue weighted by molar-refractivity contribution is 5.90. The molecule has 1 aromatic heterocycles. The van der Waals surface area contributed by atoms with Crippen LogP contribution in [0.15, 0.2) is 53.1 Å². The SMILES string of the molecule is COc1ccc(-c2noc(C3CCN(C(=O)Nc4ccccc4C)CC3)n2)cc1. The summed E-state index contributed by atoms with van der Waals surface area (Å²) in [7, 11) is 1.63. The van der Waals surface area contributed by atoms with Crippen LogP contribution in [0.4, 0.5) is 10.5 Å². The van der Waals surface area contributed by atoms with Crippen molar-refractivity contribution in [3.63, 3.8) is 0 Å². The number of likely N-dealkylation sites (tertiary alicyclic amines) is 1. The number of carbonyl (C=O) groups excluding carboxylic acids is 1. The minimum Gasteiger partial charge on any atom is -0.497 e. The third kappa shape index (κ3) is 4.23. The van der Waals surface area contributed by atoms with Crippen molar-refractivity contribution in [2.75, 3.05) is 25.5 Å². The van der Waals surface area contributed by atoms with Crippen LogP contribution in [0, 0.1) is 6.92 Å². The van der Waals surface area contributed by atoms with Crippen molar-refractivity contribution < 1.29 is 14.1 Å². The van der Waals surface area contributed by atoms with Crippen molar-refractivity contribution in [2.24, 2.45) is 0 Å². The summed E-state index contributed by atoms with van der Waals surface area (Å²) in [6.45, 7) is 3.29. The van der Waals surface area contributed by atoms with Crippen LogP contribution in [0.5, 0.6) is 5.75 Å².